The van der Waals surface area contributed by atoms with Crippen LogP contribution in [0.25, 0.3) is 10.2 Å². The number of aryl methyl sites for hydroxylation is 1. The fourth-order valence-electron chi connectivity index (χ4n) is 3.38. The van der Waals surface area contributed by atoms with Crippen molar-refractivity contribution in [2.24, 2.45) is 0 Å². The number of ketones is 1. The van der Waals surface area contributed by atoms with Crippen LogP contribution in [-0.4, -0.2) is 41.0 Å². The van der Waals surface area contributed by atoms with Crippen molar-refractivity contribution in [2.45, 2.75) is 46.4 Å². The van der Waals surface area contributed by atoms with Crippen molar-refractivity contribution < 1.29 is 14.4 Å². The molecule has 23 heavy (non-hydrogen) atoms. The van der Waals surface area contributed by atoms with Crippen molar-refractivity contribution in [2.75, 3.05) is 13.1 Å². The van der Waals surface area contributed by atoms with Gasteiger partial charge in [-0.1, -0.05) is 0 Å². The summed E-state index contributed by atoms with van der Waals surface area (Å²) in [4.78, 5) is 34.2. The van der Waals surface area contributed by atoms with Crippen molar-refractivity contribution >= 4 is 27.3 Å². The first-order chi connectivity index (χ1) is 10.8. The van der Waals surface area contributed by atoms with Crippen molar-refractivity contribution in [1.29, 1.82) is 0 Å². The van der Waals surface area contributed by atoms with Gasteiger partial charge in [0, 0.05) is 0 Å². The lowest BCUT2D eigenvalue weighted by Crippen LogP contribution is -3.14. The molecule has 0 saturated carbocycles. The monoisotopic (exact) mass is 336 g/mol. The molecule has 124 valence electrons. The van der Waals surface area contributed by atoms with E-state index in [1.807, 2.05) is 6.92 Å². The number of Topliss-reactive ketones (excluding diaryl/α,β-unsaturated/α-hetero) is 1. The van der Waals surface area contributed by atoms with Crippen LogP contribution in [0.4, 0.5) is 0 Å². The molecule has 0 aromatic carbocycles. The largest absolute Gasteiger partial charge is 0.364 e. The van der Waals surface area contributed by atoms with Gasteiger partial charge in [-0.05, 0) is 33.3 Å². The molecular weight excluding hydrogens is 314 g/mol. The first-order valence-corrected chi connectivity index (χ1v) is 8.69. The van der Waals surface area contributed by atoms with E-state index in [-0.39, 0.29) is 23.6 Å². The highest BCUT2D eigenvalue weighted by Crippen LogP contribution is 2.27. The number of quaternary nitrogens is 1. The molecule has 3 rings (SSSR count). The summed E-state index contributed by atoms with van der Waals surface area (Å²) in [6, 6.07) is 0. The van der Waals surface area contributed by atoms with E-state index in [0.717, 1.165) is 18.7 Å². The van der Waals surface area contributed by atoms with E-state index in [0.29, 0.717) is 27.5 Å². The predicted octanol–water partition coefficient (Wildman–Crippen LogP) is 0.688. The molecule has 0 bridgehead atoms. The van der Waals surface area contributed by atoms with Gasteiger partial charge in [-0.3, -0.25) is 9.59 Å². The molecule has 3 atom stereocenters. The molecule has 2 aromatic heterocycles. The molecule has 3 heterocycles. The highest BCUT2D eigenvalue weighted by molar-refractivity contribution is 7.20. The topological polar surface area (TPSA) is 76.5 Å². The Hall–Kier alpha value is -1.57. The summed E-state index contributed by atoms with van der Waals surface area (Å²) < 4.78 is 5.74. The van der Waals surface area contributed by atoms with Gasteiger partial charge in [0.25, 0.3) is 5.56 Å². The van der Waals surface area contributed by atoms with Crippen molar-refractivity contribution in [3.05, 3.63) is 26.6 Å². The number of aromatic nitrogens is 2. The number of aromatic amines is 1. The minimum absolute atomic E-state index is 0.0205. The number of ether oxygens (including phenoxy) is 1. The molecule has 1 aliphatic rings. The fraction of sp³-hybridized carbons (Fsp3) is 0.562. The Morgan fingerprint density at radius 3 is 2.65 bits per heavy atom. The molecular formula is C16H22N3O3S+. The maximum Gasteiger partial charge on any atom is 0.260 e. The van der Waals surface area contributed by atoms with Crippen LogP contribution < -0.4 is 10.5 Å². The lowest BCUT2D eigenvalue weighted by molar-refractivity contribution is -0.928. The normalized spacial score (nSPS) is 25.0. The van der Waals surface area contributed by atoms with E-state index in [2.05, 4.69) is 23.8 Å². The fourth-order valence-corrected chi connectivity index (χ4v) is 4.47. The minimum atomic E-state index is -0.153. The Balaban J connectivity index is 1.94. The number of rotatable bonds is 3. The van der Waals surface area contributed by atoms with Crippen LogP contribution >= 0.6 is 11.3 Å². The third-order valence-corrected chi connectivity index (χ3v) is 5.49. The molecule has 0 spiro atoms. The number of fused-ring (bicyclic) bond motifs is 1. The van der Waals surface area contributed by atoms with Crippen molar-refractivity contribution in [3.8, 4) is 0 Å². The third kappa shape index (κ3) is 3.22. The molecule has 0 aliphatic carbocycles. The smallest absolute Gasteiger partial charge is 0.260 e. The average Bonchev–Trinajstić information content (AvgIpc) is 2.75. The second-order valence-corrected chi connectivity index (χ2v) is 7.40. The maximum atomic E-state index is 12.4. The molecule has 6 nitrogen and oxygen atoms in total. The van der Waals surface area contributed by atoms with E-state index in [4.69, 9.17) is 4.74 Å². The molecule has 1 aliphatic heterocycles. The van der Waals surface area contributed by atoms with Gasteiger partial charge in [0.2, 0.25) is 0 Å². The summed E-state index contributed by atoms with van der Waals surface area (Å²) in [7, 11) is 0. The van der Waals surface area contributed by atoms with Crippen molar-refractivity contribution in [1.82, 2.24) is 9.97 Å². The predicted molar refractivity (Wildman–Crippen MR) is 89.4 cm³/mol. The lowest BCUT2D eigenvalue weighted by Gasteiger charge is -2.32. The van der Waals surface area contributed by atoms with E-state index in [1.165, 1.54) is 23.2 Å². The van der Waals surface area contributed by atoms with Gasteiger partial charge in [0.15, 0.2) is 11.6 Å². The average molecular weight is 336 g/mol. The first-order valence-electron chi connectivity index (χ1n) is 7.87. The zero-order chi connectivity index (χ0) is 16.7. The highest BCUT2D eigenvalue weighted by atomic mass is 32.1. The number of nitrogens with one attached hydrogen (secondary N) is 2. The quantitative estimate of drug-likeness (QED) is 0.809. The van der Waals surface area contributed by atoms with Crippen LogP contribution in [0.5, 0.6) is 0 Å². The van der Waals surface area contributed by atoms with Crippen LogP contribution in [0.2, 0.25) is 0 Å². The second kappa shape index (κ2) is 6.14. The van der Waals surface area contributed by atoms with E-state index in [1.54, 1.807) is 0 Å². The Morgan fingerprint density at radius 1 is 1.39 bits per heavy atom. The molecule has 7 heteroatoms. The molecule has 1 saturated heterocycles. The number of morpholine rings is 1. The number of H-pyrrole nitrogens is 1. The number of carbonyl (C=O) groups excluding carboxylic acids is 1. The van der Waals surface area contributed by atoms with E-state index < -0.39 is 0 Å². The molecule has 2 N–H and O–H groups in total. The highest BCUT2D eigenvalue weighted by Gasteiger charge is 2.26. The maximum absolute atomic E-state index is 12.4. The zero-order valence-corrected chi connectivity index (χ0v) is 14.7. The van der Waals surface area contributed by atoms with Gasteiger partial charge in [0.1, 0.15) is 36.7 Å². The van der Waals surface area contributed by atoms with Gasteiger partial charge < -0.3 is 14.6 Å². The summed E-state index contributed by atoms with van der Waals surface area (Å²) in [6.45, 7) is 9.92. The zero-order valence-electron chi connectivity index (χ0n) is 13.9. The summed E-state index contributed by atoms with van der Waals surface area (Å²) >= 11 is 1.31. The number of carbonyl (C=O) groups is 1. The number of nitrogens with zero attached hydrogens (tertiary/aromatic N) is 1. The van der Waals surface area contributed by atoms with Crippen LogP contribution in [-0.2, 0) is 11.3 Å². The molecule has 1 unspecified atom stereocenters. The number of hydrogen-bond donors (Lipinski definition) is 2. The summed E-state index contributed by atoms with van der Waals surface area (Å²) in [5.74, 6) is 0.656. The lowest BCUT2D eigenvalue weighted by atomic mass is 10.2. The first kappa shape index (κ1) is 16.3. The molecule has 0 amide bonds. The third-order valence-electron chi connectivity index (χ3n) is 4.20. The molecule has 0 radical (unpaired) electrons. The van der Waals surface area contributed by atoms with Gasteiger partial charge in [-0.2, -0.15) is 0 Å². The van der Waals surface area contributed by atoms with Crippen molar-refractivity contribution in [3.63, 3.8) is 0 Å². The molecule has 2 aromatic rings. The Morgan fingerprint density at radius 2 is 2.04 bits per heavy atom. The van der Waals surface area contributed by atoms with Crippen LogP contribution in [0.15, 0.2) is 4.79 Å². The van der Waals surface area contributed by atoms with Gasteiger partial charge in [0.05, 0.1) is 10.3 Å². The second-order valence-electron chi connectivity index (χ2n) is 6.40. The Labute approximate surface area is 138 Å². The van der Waals surface area contributed by atoms with Crippen LogP contribution in [0.3, 0.4) is 0 Å². The Kier molecular flexibility index (Phi) is 4.35. The molecule has 1 fully saturated rings. The van der Waals surface area contributed by atoms with Crippen LogP contribution in [0, 0.1) is 6.92 Å². The Bertz CT molecular complexity index is 801. The van der Waals surface area contributed by atoms with Gasteiger partial charge in [-0.25, -0.2) is 4.98 Å². The van der Waals surface area contributed by atoms with E-state index >= 15 is 0 Å². The summed E-state index contributed by atoms with van der Waals surface area (Å²) in [5.41, 5.74) is 0.582. The van der Waals surface area contributed by atoms with Gasteiger partial charge >= 0.3 is 0 Å². The van der Waals surface area contributed by atoms with Gasteiger partial charge in [-0.15, -0.1) is 11.3 Å². The standard InChI is InChI=1S/C16H21N3O3S/c1-8-5-19(6-9(2)22-8)7-12-17-15(21)13-10(3)14(11(4)20)23-16(13)18-12/h8-9H,5-7H2,1-4H3,(H,17,18,21)/p+1/t8-,9+. The van der Waals surface area contributed by atoms with Crippen LogP contribution in [0.1, 0.15) is 41.8 Å². The SMILES string of the molecule is CC(=O)c1sc2nc(C[NH+]3C[C@@H](C)O[C@@H](C)C3)[nH]c(=O)c2c1C. The summed E-state index contributed by atoms with van der Waals surface area (Å²) in [6.07, 6.45) is 0.412. The number of thiophene rings is 1. The summed E-state index contributed by atoms with van der Waals surface area (Å²) in [5, 5.41) is 0.544. The number of hydrogen-bond acceptors (Lipinski definition) is 5. The van der Waals surface area contributed by atoms with E-state index in [9.17, 15) is 9.59 Å². The minimum Gasteiger partial charge on any atom is -0.364 e.